The summed E-state index contributed by atoms with van der Waals surface area (Å²) in [6.07, 6.45) is 5.05. The van der Waals surface area contributed by atoms with Gasteiger partial charge in [-0.2, -0.15) is 0 Å². The Hall–Kier alpha value is -1.81. The van der Waals surface area contributed by atoms with Crippen molar-refractivity contribution in [2.45, 2.75) is 13.5 Å². The van der Waals surface area contributed by atoms with Gasteiger partial charge in [0.2, 0.25) is 0 Å². The molecule has 0 amide bonds. The van der Waals surface area contributed by atoms with Crippen LogP contribution in [-0.4, -0.2) is 16.6 Å². The third kappa shape index (κ3) is 3.34. The lowest BCUT2D eigenvalue weighted by Gasteiger charge is -2.12. The van der Waals surface area contributed by atoms with E-state index >= 15 is 0 Å². The maximum Gasteiger partial charge on any atom is 0.142 e. The summed E-state index contributed by atoms with van der Waals surface area (Å²) in [5.74, 6) is 0.791. The van der Waals surface area contributed by atoms with Gasteiger partial charge in [0.05, 0.1) is 12.3 Å². The van der Waals surface area contributed by atoms with Crippen LogP contribution in [0.4, 0.5) is 5.69 Å². The number of benzene rings is 1. The molecular formula is C13H14ClN3O. The highest BCUT2D eigenvalue weighted by molar-refractivity contribution is 6.30. The van der Waals surface area contributed by atoms with Crippen molar-refractivity contribution in [2.24, 2.45) is 0 Å². The smallest absolute Gasteiger partial charge is 0.142 e. The average molecular weight is 264 g/mol. The van der Waals surface area contributed by atoms with E-state index in [4.69, 9.17) is 16.3 Å². The SMILES string of the molecule is CCOc1ccc(Cl)cc1NCc1cncnc1. The number of hydrogen-bond acceptors (Lipinski definition) is 4. The van der Waals surface area contributed by atoms with E-state index in [1.54, 1.807) is 12.4 Å². The second kappa shape index (κ2) is 6.21. The number of nitrogens with one attached hydrogen (secondary N) is 1. The highest BCUT2D eigenvalue weighted by Gasteiger charge is 2.04. The Balaban J connectivity index is 2.10. The molecule has 0 aliphatic heterocycles. The van der Waals surface area contributed by atoms with E-state index in [0.717, 1.165) is 17.0 Å². The van der Waals surface area contributed by atoms with Crippen LogP contribution in [0.5, 0.6) is 5.75 Å². The number of rotatable bonds is 5. The van der Waals surface area contributed by atoms with Crippen molar-refractivity contribution < 1.29 is 4.74 Å². The van der Waals surface area contributed by atoms with Gasteiger partial charge in [-0.05, 0) is 25.1 Å². The number of halogens is 1. The van der Waals surface area contributed by atoms with Crippen molar-refractivity contribution in [1.29, 1.82) is 0 Å². The van der Waals surface area contributed by atoms with Gasteiger partial charge in [-0.15, -0.1) is 0 Å². The molecule has 0 aliphatic rings. The summed E-state index contributed by atoms with van der Waals surface area (Å²) in [6.45, 7) is 3.19. The molecule has 0 radical (unpaired) electrons. The third-order valence-electron chi connectivity index (χ3n) is 2.34. The van der Waals surface area contributed by atoms with Crippen molar-refractivity contribution in [1.82, 2.24) is 9.97 Å². The summed E-state index contributed by atoms with van der Waals surface area (Å²) >= 11 is 5.98. The van der Waals surface area contributed by atoms with Gasteiger partial charge in [0, 0.05) is 29.5 Å². The fraction of sp³-hybridized carbons (Fsp3) is 0.231. The minimum absolute atomic E-state index is 0.616. The molecule has 0 unspecified atom stereocenters. The Labute approximate surface area is 111 Å². The number of anilines is 1. The van der Waals surface area contributed by atoms with Crippen LogP contribution in [0.25, 0.3) is 0 Å². The van der Waals surface area contributed by atoms with E-state index < -0.39 is 0 Å². The molecule has 0 aliphatic carbocycles. The molecule has 2 rings (SSSR count). The fourth-order valence-electron chi connectivity index (χ4n) is 1.54. The van der Waals surface area contributed by atoms with E-state index in [-0.39, 0.29) is 0 Å². The first-order valence-corrected chi connectivity index (χ1v) is 6.07. The second-order valence-electron chi connectivity index (χ2n) is 3.67. The first kappa shape index (κ1) is 12.6. The zero-order chi connectivity index (χ0) is 12.8. The van der Waals surface area contributed by atoms with Crippen LogP contribution in [0.15, 0.2) is 36.9 Å². The van der Waals surface area contributed by atoms with E-state index in [1.165, 1.54) is 6.33 Å². The molecule has 4 nitrogen and oxygen atoms in total. The van der Waals surface area contributed by atoms with Gasteiger partial charge in [-0.3, -0.25) is 0 Å². The van der Waals surface area contributed by atoms with Gasteiger partial charge < -0.3 is 10.1 Å². The predicted molar refractivity (Wildman–Crippen MR) is 72.0 cm³/mol. The lowest BCUT2D eigenvalue weighted by molar-refractivity contribution is 0.341. The minimum Gasteiger partial charge on any atom is -0.492 e. The Bertz CT molecular complexity index is 505. The molecule has 5 heteroatoms. The number of aromatic nitrogens is 2. The van der Waals surface area contributed by atoms with Crippen molar-refractivity contribution in [3.8, 4) is 5.75 Å². The molecule has 0 spiro atoms. The minimum atomic E-state index is 0.616. The summed E-state index contributed by atoms with van der Waals surface area (Å²) in [6, 6.07) is 5.51. The first-order valence-electron chi connectivity index (χ1n) is 5.69. The van der Waals surface area contributed by atoms with Gasteiger partial charge >= 0.3 is 0 Å². The molecular weight excluding hydrogens is 250 g/mol. The van der Waals surface area contributed by atoms with Gasteiger partial charge in [-0.25, -0.2) is 9.97 Å². The Kier molecular flexibility index (Phi) is 4.36. The zero-order valence-corrected chi connectivity index (χ0v) is 10.8. The predicted octanol–water partition coefficient (Wildman–Crippen LogP) is 3.14. The van der Waals surface area contributed by atoms with Crippen LogP contribution < -0.4 is 10.1 Å². The molecule has 18 heavy (non-hydrogen) atoms. The van der Waals surface area contributed by atoms with Gasteiger partial charge in [0.1, 0.15) is 12.1 Å². The summed E-state index contributed by atoms with van der Waals surface area (Å²) in [7, 11) is 0. The lowest BCUT2D eigenvalue weighted by Crippen LogP contribution is -2.03. The molecule has 0 atom stereocenters. The van der Waals surface area contributed by atoms with E-state index in [1.807, 2.05) is 25.1 Å². The maximum absolute atomic E-state index is 5.98. The quantitative estimate of drug-likeness (QED) is 0.900. The van der Waals surface area contributed by atoms with Gasteiger partial charge in [0.25, 0.3) is 0 Å². The lowest BCUT2D eigenvalue weighted by atomic mass is 10.2. The van der Waals surface area contributed by atoms with Crippen molar-refractivity contribution in [3.63, 3.8) is 0 Å². The summed E-state index contributed by atoms with van der Waals surface area (Å²) in [5.41, 5.74) is 1.87. The average Bonchev–Trinajstić information content (AvgIpc) is 2.40. The standard InChI is InChI=1S/C13H14ClN3O/c1-2-18-13-4-3-11(14)5-12(13)17-8-10-6-15-9-16-7-10/h3-7,9,17H,2,8H2,1H3. The van der Waals surface area contributed by atoms with E-state index in [0.29, 0.717) is 18.2 Å². The summed E-state index contributed by atoms with van der Waals surface area (Å²) in [5, 5.41) is 3.94. The Morgan fingerprint density at radius 1 is 1.28 bits per heavy atom. The van der Waals surface area contributed by atoms with Crippen LogP contribution in [0.2, 0.25) is 5.02 Å². The molecule has 1 aromatic carbocycles. The molecule has 1 aromatic heterocycles. The van der Waals surface area contributed by atoms with Crippen LogP contribution >= 0.6 is 11.6 Å². The van der Waals surface area contributed by atoms with Crippen LogP contribution in [0, 0.1) is 0 Å². The molecule has 94 valence electrons. The summed E-state index contributed by atoms with van der Waals surface area (Å²) < 4.78 is 5.53. The molecule has 0 fully saturated rings. The molecule has 1 N–H and O–H groups in total. The molecule has 2 aromatic rings. The van der Waals surface area contributed by atoms with E-state index in [2.05, 4.69) is 15.3 Å². The third-order valence-corrected chi connectivity index (χ3v) is 2.57. The number of nitrogens with zero attached hydrogens (tertiary/aromatic N) is 2. The van der Waals surface area contributed by atoms with Crippen molar-refractivity contribution in [3.05, 3.63) is 47.5 Å². The normalized spacial score (nSPS) is 10.1. The Morgan fingerprint density at radius 3 is 2.78 bits per heavy atom. The molecule has 1 heterocycles. The first-order chi connectivity index (χ1) is 8.79. The zero-order valence-electron chi connectivity index (χ0n) is 10.1. The van der Waals surface area contributed by atoms with Crippen molar-refractivity contribution >= 4 is 17.3 Å². The summed E-state index contributed by atoms with van der Waals surface area (Å²) in [4.78, 5) is 7.93. The largest absolute Gasteiger partial charge is 0.492 e. The Morgan fingerprint density at radius 2 is 2.06 bits per heavy atom. The van der Waals surface area contributed by atoms with E-state index in [9.17, 15) is 0 Å². The maximum atomic E-state index is 5.98. The van der Waals surface area contributed by atoms with Crippen LogP contribution in [-0.2, 0) is 6.54 Å². The van der Waals surface area contributed by atoms with Gasteiger partial charge in [-0.1, -0.05) is 11.6 Å². The highest BCUT2D eigenvalue weighted by atomic mass is 35.5. The highest BCUT2D eigenvalue weighted by Crippen LogP contribution is 2.28. The molecule has 0 saturated carbocycles. The fourth-order valence-corrected chi connectivity index (χ4v) is 1.71. The van der Waals surface area contributed by atoms with Crippen LogP contribution in [0.3, 0.4) is 0 Å². The second-order valence-corrected chi connectivity index (χ2v) is 4.11. The molecule has 0 bridgehead atoms. The number of hydrogen-bond donors (Lipinski definition) is 1. The van der Waals surface area contributed by atoms with Crippen LogP contribution in [0.1, 0.15) is 12.5 Å². The monoisotopic (exact) mass is 263 g/mol. The molecule has 0 saturated heterocycles. The van der Waals surface area contributed by atoms with Crippen molar-refractivity contribution in [2.75, 3.05) is 11.9 Å². The topological polar surface area (TPSA) is 47.0 Å². The number of ether oxygens (including phenoxy) is 1. The van der Waals surface area contributed by atoms with Gasteiger partial charge in [0.15, 0.2) is 0 Å².